The Balaban J connectivity index is 0.00000141. The molecule has 2 heterocycles. The van der Waals surface area contributed by atoms with E-state index < -0.39 is 5.82 Å². The van der Waals surface area contributed by atoms with Crippen LogP contribution in [0.5, 0.6) is 0 Å². The maximum Gasteiger partial charge on any atom is 0.223 e. The van der Waals surface area contributed by atoms with Gasteiger partial charge in [-0.05, 0) is 56.1 Å². The number of hydrogen-bond donors (Lipinski definition) is 3. The highest BCUT2D eigenvalue weighted by Crippen LogP contribution is 2.30. The third-order valence-electron chi connectivity index (χ3n) is 5.75. The Morgan fingerprint density at radius 2 is 1.80 bits per heavy atom. The first-order valence-electron chi connectivity index (χ1n) is 11.6. The number of nitrogens with two attached hydrogens (primary N) is 1. The van der Waals surface area contributed by atoms with Gasteiger partial charge in [-0.2, -0.15) is 0 Å². The summed E-state index contributed by atoms with van der Waals surface area (Å²) >= 11 is 7.48. The first-order chi connectivity index (χ1) is 17.2. The van der Waals surface area contributed by atoms with Crippen molar-refractivity contribution in [2.45, 2.75) is 43.0 Å². The van der Waals surface area contributed by atoms with Crippen LogP contribution < -0.4 is 15.8 Å². The number of aromatic nitrogens is 3. The number of pyridine rings is 1. The molecule has 35 heavy (non-hydrogen) atoms. The van der Waals surface area contributed by atoms with E-state index in [1.165, 1.54) is 44.3 Å². The molecule has 0 unspecified atom stereocenters. The molecule has 1 aliphatic rings. The van der Waals surface area contributed by atoms with Gasteiger partial charge in [-0.15, -0.1) is 0 Å². The van der Waals surface area contributed by atoms with E-state index in [9.17, 15) is 4.39 Å². The van der Waals surface area contributed by atoms with Crippen molar-refractivity contribution in [1.29, 1.82) is 0 Å². The highest BCUT2D eigenvalue weighted by molar-refractivity contribution is 8.00. The summed E-state index contributed by atoms with van der Waals surface area (Å²) in [5.74, 6) is 0.244. The van der Waals surface area contributed by atoms with E-state index in [0.29, 0.717) is 28.3 Å². The van der Waals surface area contributed by atoms with Crippen LogP contribution >= 0.6 is 23.5 Å². The number of benzene rings is 2. The minimum atomic E-state index is -0.407. The smallest absolute Gasteiger partial charge is 0.223 e. The van der Waals surface area contributed by atoms with E-state index >= 15 is 0 Å². The van der Waals surface area contributed by atoms with E-state index in [-0.39, 0.29) is 5.69 Å². The lowest BCUT2D eigenvalue weighted by Crippen LogP contribution is -2.23. The molecule has 0 amide bonds. The highest BCUT2D eigenvalue weighted by atomic mass is 35.5. The van der Waals surface area contributed by atoms with Gasteiger partial charge < -0.3 is 15.8 Å². The van der Waals surface area contributed by atoms with Crippen LogP contribution in [0.3, 0.4) is 0 Å². The molecular weight excluding hydrogens is 483 g/mol. The third kappa shape index (κ3) is 6.39. The molecule has 0 aliphatic heterocycles. The van der Waals surface area contributed by atoms with Gasteiger partial charge in [0, 0.05) is 34.2 Å². The van der Waals surface area contributed by atoms with Crippen molar-refractivity contribution >= 4 is 46.1 Å². The van der Waals surface area contributed by atoms with E-state index in [0.717, 1.165) is 28.6 Å². The van der Waals surface area contributed by atoms with Crippen LogP contribution in [0.4, 0.5) is 16.0 Å². The van der Waals surface area contributed by atoms with Crippen LogP contribution in [0.15, 0.2) is 65.8 Å². The van der Waals surface area contributed by atoms with Gasteiger partial charge in [-0.1, -0.05) is 49.1 Å². The van der Waals surface area contributed by atoms with Gasteiger partial charge in [-0.25, -0.2) is 14.4 Å². The SMILES string of the molecule is CN.Fc1cc(NSc2ccccc2Cl)cnc1-c1ccc2nc(NC3CCCCC3)ncc2c1. The molecule has 0 atom stereocenters. The number of nitrogens with zero attached hydrogens (tertiary/aromatic N) is 3. The third-order valence-corrected chi connectivity index (χ3v) is 7.10. The van der Waals surface area contributed by atoms with E-state index in [2.05, 4.69) is 30.7 Å². The van der Waals surface area contributed by atoms with Gasteiger partial charge in [-0.3, -0.25) is 4.98 Å². The molecule has 2 aromatic carbocycles. The van der Waals surface area contributed by atoms with Gasteiger partial charge in [0.1, 0.15) is 5.69 Å². The van der Waals surface area contributed by atoms with Crippen LogP contribution in [-0.4, -0.2) is 28.0 Å². The maximum absolute atomic E-state index is 14.9. The van der Waals surface area contributed by atoms with Crippen LogP contribution in [-0.2, 0) is 0 Å². The minimum Gasteiger partial charge on any atom is -0.351 e. The Morgan fingerprint density at radius 3 is 2.57 bits per heavy atom. The Morgan fingerprint density at radius 1 is 1.00 bits per heavy atom. The molecule has 0 saturated heterocycles. The van der Waals surface area contributed by atoms with Crippen molar-refractivity contribution < 1.29 is 4.39 Å². The fourth-order valence-electron chi connectivity index (χ4n) is 4.03. The molecule has 6 nitrogen and oxygen atoms in total. The second kappa shape index (κ2) is 12.2. The molecule has 1 saturated carbocycles. The zero-order chi connectivity index (χ0) is 24.6. The standard InChI is InChI=1S/C25H23ClFN5S.CH5N/c26-20-8-4-5-9-23(20)33-32-19-13-21(27)24(28-15-19)16-10-11-22-17(12-16)14-29-25(31-22)30-18-6-2-1-3-7-18;1-2/h4-5,8-15,18,32H,1-3,6-7H2,(H,29,30,31);2H2,1H3. The lowest BCUT2D eigenvalue weighted by Gasteiger charge is -2.22. The minimum absolute atomic E-state index is 0.287. The van der Waals surface area contributed by atoms with E-state index in [1.54, 1.807) is 12.4 Å². The lowest BCUT2D eigenvalue weighted by atomic mass is 9.96. The monoisotopic (exact) mass is 510 g/mol. The van der Waals surface area contributed by atoms with Gasteiger partial charge in [0.05, 0.1) is 22.4 Å². The highest BCUT2D eigenvalue weighted by Gasteiger charge is 2.15. The molecule has 0 radical (unpaired) electrons. The molecule has 2 aromatic heterocycles. The van der Waals surface area contributed by atoms with Crippen molar-refractivity contribution in [2.75, 3.05) is 17.1 Å². The number of rotatable bonds is 6. The molecule has 182 valence electrons. The second-order valence-corrected chi connectivity index (χ2v) is 9.39. The molecule has 4 N–H and O–H groups in total. The molecule has 1 aliphatic carbocycles. The van der Waals surface area contributed by atoms with Crippen molar-refractivity contribution in [2.24, 2.45) is 5.73 Å². The zero-order valence-electron chi connectivity index (χ0n) is 19.5. The van der Waals surface area contributed by atoms with Crippen LogP contribution in [0.25, 0.3) is 22.2 Å². The normalized spacial score (nSPS) is 13.7. The summed E-state index contributed by atoms with van der Waals surface area (Å²) in [6.07, 6.45) is 9.52. The Hall–Kier alpha value is -2.94. The molecular formula is C26H28ClFN6S. The fraction of sp³-hybridized carbons (Fsp3) is 0.269. The predicted molar refractivity (Wildman–Crippen MR) is 144 cm³/mol. The molecule has 0 spiro atoms. The van der Waals surface area contributed by atoms with Gasteiger partial charge in [0.25, 0.3) is 0 Å². The number of fused-ring (bicyclic) bond motifs is 1. The summed E-state index contributed by atoms with van der Waals surface area (Å²) in [5.41, 5.74) is 6.85. The number of hydrogen-bond acceptors (Lipinski definition) is 7. The summed E-state index contributed by atoms with van der Waals surface area (Å²) in [4.78, 5) is 14.3. The van der Waals surface area contributed by atoms with Crippen LogP contribution in [0, 0.1) is 5.82 Å². The summed E-state index contributed by atoms with van der Waals surface area (Å²) in [6.45, 7) is 0. The molecule has 1 fully saturated rings. The maximum atomic E-state index is 14.9. The predicted octanol–water partition coefficient (Wildman–Crippen LogP) is 6.92. The van der Waals surface area contributed by atoms with Crippen molar-refractivity contribution in [3.8, 4) is 11.3 Å². The van der Waals surface area contributed by atoms with Crippen LogP contribution in [0.2, 0.25) is 5.02 Å². The fourth-order valence-corrected chi connectivity index (χ4v) is 4.93. The number of anilines is 2. The van der Waals surface area contributed by atoms with Crippen LogP contribution in [0.1, 0.15) is 32.1 Å². The second-order valence-electron chi connectivity index (χ2n) is 8.14. The molecule has 0 bridgehead atoms. The lowest BCUT2D eigenvalue weighted by molar-refractivity contribution is 0.461. The summed E-state index contributed by atoms with van der Waals surface area (Å²) in [5, 5.41) is 4.93. The van der Waals surface area contributed by atoms with Crippen molar-refractivity contribution in [3.05, 3.63) is 71.8 Å². The summed E-state index contributed by atoms with van der Waals surface area (Å²) in [7, 11) is 1.50. The molecule has 9 heteroatoms. The summed E-state index contributed by atoms with van der Waals surface area (Å²) < 4.78 is 18.0. The topological polar surface area (TPSA) is 88.8 Å². The Bertz CT molecular complexity index is 1280. The average Bonchev–Trinajstić information content (AvgIpc) is 2.90. The summed E-state index contributed by atoms with van der Waals surface area (Å²) in [6, 6.07) is 15.0. The number of halogens is 2. The Kier molecular flexibility index (Phi) is 8.74. The van der Waals surface area contributed by atoms with E-state index in [4.69, 9.17) is 11.6 Å². The van der Waals surface area contributed by atoms with Gasteiger partial charge >= 0.3 is 0 Å². The number of nitrogens with one attached hydrogen (secondary N) is 2. The first kappa shape index (κ1) is 25.2. The first-order valence-corrected chi connectivity index (χ1v) is 12.8. The molecule has 4 aromatic rings. The van der Waals surface area contributed by atoms with Crippen molar-refractivity contribution in [1.82, 2.24) is 15.0 Å². The molecule has 5 rings (SSSR count). The Labute approximate surface area is 214 Å². The van der Waals surface area contributed by atoms with Gasteiger partial charge in [0.15, 0.2) is 5.82 Å². The quantitative estimate of drug-likeness (QED) is 0.242. The largest absolute Gasteiger partial charge is 0.351 e. The van der Waals surface area contributed by atoms with E-state index in [1.807, 2.05) is 42.5 Å². The van der Waals surface area contributed by atoms with Crippen molar-refractivity contribution in [3.63, 3.8) is 0 Å². The van der Waals surface area contributed by atoms with Gasteiger partial charge in [0.2, 0.25) is 5.95 Å². The average molecular weight is 511 g/mol. The zero-order valence-corrected chi connectivity index (χ0v) is 21.0.